The first-order chi connectivity index (χ1) is 42.1. The lowest BCUT2D eigenvalue weighted by Crippen LogP contribution is -2.62. The van der Waals surface area contributed by atoms with Crippen LogP contribution in [0, 0.1) is 40.2 Å². The van der Waals surface area contributed by atoms with E-state index in [0.717, 1.165) is 52.4 Å². The van der Waals surface area contributed by atoms with E-state index in [1.54, 1.807) is 36.7 Å². The third kappa shape index (κ3) is 17.5. The third-order valence-corrected chi connectivity index (χ3v) is 16.9. The van der Waals surface area contributed by atoms with Gasteiger partial charge in [0.1, 0.15) is 29.8 Å². The quantitative estimate of drug-likeness (QED) is 0.0141. The molecule has 2 aliphatic heterocycles. The average molecular weight is 1280 g/mol. The second-order valence-electron chi connectivity index (χ2n) is 25.1. The highest BCUT2D eigenvalue weighted by atomic mass is 19.4. The van der Waals surface area contributed by atoms with Crippen LogP contribution in [0.4, 0.5) is 59.4 Å². The van der Waals surface area contributed by atoms with E-state index in [0.29, 0.717) is 96.6 Å². The van der Waals surface area contributed by atoms with E-state index in [1.165, 1.54) is 19.3 Å². The molecule has 492 valence electrons. The number of alkyl carbamates (subject to hydrolysis) is 2. The van der Waals surface area contributed by atoms with Crippen LogP contribution >= 0.6 is 0 Å². The highest BCUT2D eigenvalue weighted by Crippen LogP contribution is 2.43. The van der Waals surface area contributed by atoms with Crippen LogP contribution in [0.2, 0.25) is 0 Å². The Labute approximate surface area is 515 Å². The number of aromatic nitrogens is 4. The largest absolute Gasteiger partial charge is 0.461 e. The number of carbonyl (C=O) groups is 5. The first kappa shape index (κ1) is 69.9. The number of nitrogens with one attached hydrogen (secondary N) is 3. The monoisotopic (exact) mass is 1280 g/mol. The van der Waals surface area contributed by atoms with Crippen LogP contribution < -0.4 is 21.0 Å². The van der Waals surface area contributed by atoms with Gasteiger partial charge in [-0.25, -0.2) is 38.0 Å². The minimum absolute atomic E-state index is 0.160. The van der Waals surface area contributed by atoms with E-state index < -0.39 is 127 Å². The van der Waals surface area contributed by atoms with Crippen LogP contribution in [0.5, 0.6) is 0 Å². The van der Waals surface area contributed by atoms with Crippen LogP contribution in [-0.4, -0.2) is 174 Å². The number of hydrogen-bond acceptors (Lipinski definition) is 14. The van der Waals surface area contributed by atoms with E-state index in [2.05, 4.69) is 51.6 Å². The van der Waals surface area contributed by atoms with Crippen molar-refractivity contribution < 1.29 is 86.6 Å². The number of hydrazine groups is 1. The number of esters is 1. The topological polar surface area (TPSA) is 202 Å². The molecule has 1 aliphatic carbocycles. The average Bonchev–Trinajstić information content (AvgIpc) is 1.58. The number of ether oxygens (including phenoxy) is 3. The van der Waals surface area contributed by atoms with Gasteiger partial charge in [-0.1, -0.05) is 30.4 Å². The number of amides is 3. The number of alkyl halides is 8. The predicted molar refractivity (Wildman–Crippen MR) is 308 cm³/mol. The summed E-state index contributed by atoms with van der Waals surface area (Å²) in [4.78, 5) is 82.8. The van der Waals surface area contributed by atoms with Crippen molar-refractivity contribution in [3.8, 4) is 23.1 Å². The smallest absolute Gasteiger partial charge is 0.407 e. The zero-order valence-corrected chi connectivity index (χ0v) is 51.4. The third-order valence-electron chi connectivity index (χ3n) is 16.9. The van der Waals surface area contributed by atoms with Crippen LogP contribution in [0.15, 0.2) is 61.1 Å². The highest BCUT2D eigenvalue weighted by molar-refractivity contribution is 5.89. The molecule has 6 atom stereocenters. The Morgan fingerprint density at radius 1 is 0.767 bits per heavy atom. The Morgan fingerprint density at radius 2 is 1.32 bits per heavy atom. The fourth-order valence-electron chi connectivity index (χ4n) is 11.2. The summed E-state index contributed by atoms with van der Waals surface area (Å²) in [5.41, 5.74) is -4.36. The molecule has 90 heavy (non-hydrogen) atoms. The summed E-state index contributed by atoms with van der Waals surface area (Å²) in [6.45, 7) is -0.901. The molecule has 3 fully saturated rings. The minimum Gasteiger partial charge on any atom is -0.461 e. The zero-order valence-electron chi connectivity index (χ0n) is 51.4. The van der Waals surface area contributed by atoms with E-state index in [1.807, 2.05) is 31.8 Å². The number of methoxy groups -OCH3 is 2. The SMILES string of the molecule is COC(=O)N[C@H](C(=O)C[C@@H](Cc1ccc(C#Cc2cnc(N3CC4CCC(C3)N4C3CCC3)nc2)cc1)[C@H](CN(Cc1c(F)cc(-c2ccn(C(F)F)n2)cc1F)NC(=O)[C@@H](NC(=O)OC)C(C)(C)C(F)(F)F)OC(=O)CCC[N+](C)(C)C)C(C)(C)C(F)(F)F. The van der Waals surface area contributed by atoms with E-state index in [-0.39, 0.29) is 28.8 Å². The van der Waals surface area contributed by atoms with Crippen molar-refractivity contribution in [1.29, 1.82) is 0 Å². The molecule has 1 saturated carbocycles. The Bertz CT molecular complexity index is 3200. The van der Waals surface area contributed by atoms with Crippen LogP contribution in [0.1, 0.15) is 108 Å². The molecule has 7 rings (SSSR count). The summed E-state index contributed by atoms with van der Waals surface area (Å²) < 4.78 is 165. The number of carbonyl (C=O) groups excluding carboxylic acids is 5. The molecular formula is C61H76F10N11O8+. The van der Waals surface area contributed by atoms with E-state index in [9.17, 15) is 59.1 Å². The van der Waals surface area contributed by atoms with Crippen LogP contribution in [0.25, 0.3) is 11.3 Å². The number of quaternary nitrogens is 1. The highest BCUT2D eigenvalue weighted by Gasteiger charge is 2.57. The number of rotatable bonds is 25. The number of benzene rings is 2. The van der Waals surface area contributed by atoms with Gasteiger partial charge in [0.25, 0.3) is 5.91 Å². The molecule has 0 spiro atoms. The second-order valence-corrected chi connectivity index (χ2v) is 25.1. The molecule has 0 radical (unpaired) electrons. The maximum Gasteiger partial charge on any atom is 0.407 e. The zero-order chi connectivity index (χ0) is 66.3. The standard InChI is InChI=1S/C61H75F10N11O8/c1-58(2,60(66,67)68)51(74-56(86)88-8)48(83)29-40(26-37-18-15-36(16-19-37)17-20-38-30-72-55(73-31-38)78-32-42-21-22-43(33-78)81(42)41-12-10-13-41)49(90-50(84)14-11-25-82(5,6)7)35-79(77-53(85)52(75-57(87)89-9)59(3,4)61(69,70)71)34-44-45(62)27-39(28-46(44)63)47-23-24-80(76-47)54(64)65/h15-16,18-19,23-24,27-28,30-31,40-43,49,51-52,54H,10-14,21-22,25-26,29,32-35H2,1-9H3,(H2-,74,75,77,85,86,87)/p+1/t40-,42?,43?,49+,51-,52-/m1/s1. The van der Waals surface area contributed by atoms with Crippen molar-refractivity contribution in [3.05, 3.63) is 94.9 Å². The summed E-state index contributed by atoms with van der Waals surface area (Å²) in [5, 5.41) is 8.05. The molecule has 4 heterocycles. The molecule has 29 heteroatoms. The molecule has 3 N–H and O–H groups in total. The van der Waals surface area contributed by atoms with Crippen LogP contribution in [-0.2, 0) is 41.6 Å². The molecule has 3 amide bonds. The Hall–Kier alpha value is -7.58. The van der Waals surface area contributed by atoms with Gasteiger partial charge >= 0.3 is 37.1 Å². The van der Waals surface area contributed by atoms with Gasteiger partial charge in [0, 0.05) is 91.8 Å². The maximum absolute atomic E-state index is 16.5. The number of piperazine rings is 1. The van der Waals surface area contributed by atoms with Crippen molar-refractivity contribution >= 4 is 35.8 Å². The number of fused-ring (bicyclic) bond motifs is 2. The number of hydrogen-bond donors (Lipinski definition) is 3. The first-order valence-electron chi connectivity index (χ1n) is 29.3. The fraction of sp³-hybridized carbons (Fsp3) is 0.574. The Kier molecular flexibility index (Phi) is 22.3. The van der Waals surface area contributed by atoms with Gasteiger partial charge in [0.15, 0.2) is 5.78 Å². The van der Waals surface area contributed by atoms with Crippen LogP contribution in [0.3, 0.4) is 0 Å². The molecule has 2 saturated heterocycles. The summed E-state index contributed by atoms with van der Waals surface area (Å²) in [5.74, 6) is -1.70. The molecular weight excluding hydrogens is 1200 g/mol. The van der Waals surface area contributed by atoms with E-state index in [4.69, 9.17) is 4.74 Å². The molecule has 2 unspecified atom stereocenters. The molecule has 3 aliphatic rings. The van der Waals surface area contributed by atoms with Crippen molar-refractivity contribution in [3.63, 3.8) is 0 Å². The molecule has 4 aromatic rings. The van der Waals surface area contributed by atoms with Crippen molar-refractivity contribution in [2.75, 3.05) is 66.4 Å². The van der Waals surface area contributed by atoms with Gasteiger partial charge in [-0.2, -0.15) is 40.2 Å². The number of anilines is 1. The van der Waals surface area contributed by atoms with E-state index >= 15 is 8.78 Å². The molecule has 2 aromatic carbocycles. The summed E-state index contributed by atoms with van der Waals surface area (Å²) in [7, 11) is 7.11. The van der Waals surface area contributed by atoms with Crippen molar-refractivity contribution in [2.24, 2.45) is 16.7 Å². The second kappa shape index (κ2) is 28.7. The normalized spacial score (nSPS) is 18.0. The lowest BCUT2D eigenvalue weighted by molar-refractivity contribution is -0.870. The minimum atomic E-state index is -5.26. The molecule has 2 aromatic heterocycles. The molecule has 2 bridgehead atoms. The number of Topliss-reactive ketones (excluding diaryl/α,β-unsaturated/α-hetero) is 1. The molecule has 19 nitrogen and oxygen atoms in total. The van der Waals surface area contributed by atoms with Gasteiger partial charge in [-0.05, 0) is 95.7 Å². The Morgan fingerprint density at radius 3 is 1.83 bits per heavy atom. The van der Waals surface area contributed by atoms with Gasteiger partial charge in [-0.3, -0.25) is 24.7 Å². The lowest BCUT2D eigenvalue weighted by atomic mass is 9.77. The summed E-state index contributed by atoms with van der Waals surface area (Å²) in [6, 6.07) is 5.17. The number of ketones is 1. The van der Waals surface area contributed by atoms with Gasteiger partial charge in [0.2, 0.25) is 5.95 Å². The first-order valence-corrected chi connectivity index (χ1v) is 29.3. The van der Waals surface area contributed by atoms with Gasteiger partial charge in [-0.15, -0.1) is 0 Å². The number of halogens is 10. The fourth-order valence-corrected chi connectivity index (χ4v) is 11.2. The Balaban J connectivity index is 1.28. The lowest BCUT2D eigenvalue weighted by Gasteiger charge is -2.48. The van der Waals surface area contributed by atoms with Gasteiger partial charge in [0.05, 0.1) is 77.0 Å². The predicted octanol–water partition coefficient (Wildman–Crippen LogP) is 9.29. The maximum atomic E-state index is 16.5. The summed E-state index contributed by atoms with van der Waals surface area (Å²) >= 11 is 0. The van der Waals surface area contributed by atoms with Crippen molar-refractivity contribution in [2.45, 2.75) is 147 Å². The number of nitrogens with zero attached hydrogens (tertiary/aromatic N) is 8. The summed E-state index contributed by atoms with van der Waals surface area (Å²) in [6.07, 6.45) is -6.81. The van der Waals surface area contributed by atoms with Crippen molar-refractivity contribution in [1.82, 2.24) is 45.7 Å². The van der Waals surface area contributed by atoms with Gasteiger partial charge < -0.3 is 34.2 Å².